The van der Waals surface area contributed by atoms with Crippen LogP contribution in [0.4, 0.5) is 5.69 Å². The lowest BCUT2D eigenvalue weighted by atomic mass is 9.81. The Morgan fingerprint density at radius 2 is 2.05 bits per heavy atom. The van der Waals surface area contributed by atoms with Gasteiger partial charge in [0, 0.05) is 34.7 Å². The highest BCUT2D eigenvalue weighted by Crippen LogP contribution is 2.54. The van der Waals surface area contributed by atoms with Gasteiger partial charge in [0.15, 0.2) is 0 Å². The third kappa shape index (κ3) is 1.52. The zero-order valence-corrected chi connectivity index (χ0v) is 13.6. The first-order valence-corrected chi connectivity index (χ1v) is 7.51. The number of hydrogen-bond donors (Lipinski definition) is 2. The molecule has 2 atom stereocenters. The molecular formula is C16H22N2OS. The van der Waals surface area contributed by atoms with Gasteiger partial charge in [0.05, 0.1) is 4.99 Å². The van der Waals surface area contributed by atoms with E-state index < -0.39 is 0 Å². The molecule has 2 aliphatic heterocycles. The summed E-state index contributed by atoms with van der Waals surface area (Å²) in [5, 5.41) is 3.37. The summed E-state index contributed by atoms with van der Waals surface area (Å²) in [6, 6.07) is 2.22. The quantitative estimate of drug-likeness (QED) is 0.780. The molecule has 3 rings (SSSR count). The first-order chi connectivity index (χ1) is 9.22. The van der Waals surface area contributed by atoms with Crippen molar-refractivity contribution >= 4 is 22.9 Å². The summed E-state index contributed by atoms with van der Waals surface area (Å²) in [4.78, 5) is 0.863. The highest BCUT2D eigenvalue weighted by atomic mass is 32.1. The fraction of sp³-hybridized carbons (Fsp3) is 0.562. The number of aryl methyl sites for hydroxylation is 1. The lowest BCUT2D eigenvalue weighted by molar-refractivity contribution is 0.102. The van der Waals surface area contributed by atoms with Gasteiger partial charge in [0.25, 0.3) is 0 Å². The summed E-state index contributed by atoms with van der Waals surface area (Å²) >= 11 is 5.51. The highest BCUT2D eigenvalue weighted by Gasteiger charge is 2.48. The minimum atomic E-state index is -0.329. The van der Waals surface area contributed by atoms with Crippen molar-refractivity contribution in [2.24, 2.45) is 5.73 Å². The van der Waals surface area contributed by atoms with Crippen LogP contribution in [-0.4, -0.2) is 17.1 Å². The van der Waals surface area contributed by atoms with Gasteiger partial charge in [-0.25, -0.2) is 0 Å². The van der Waals surface area contributed by atoms with Gasteiger partial charge >= 0.3 is 0 Å². The first-order valence-electron chi connectivity index (χ1n) is 7.11. The van der Waals surface area contributed by atoms with Gasteiger partial charge in [-0.1, -0.05) is 19.1 Å². The van der Waals surface area contributed by atoms with Crippen LogP contribution in [-0.2, 0) is 5.41 Å². The summed E-state index contributed by atoms with van der Waals surface area (Å²) < 4.78 is 6.31. The minimum absolute atomic E-state index is 0.194. The third-order valence-corrected chi connectivity index (χ3v) is 5.67. The second-order valence-corrected chi connectivity index (χ2v) is 7.19. The molecule has 0 aromatic heterocycles. The standard InChI is InChI=1S/C16H22N2OS/c1-8-6-10-9(2)16(5,7-17)19-13(10)11-12(8)18-14(20)15(11,3)4/h6,9H,7,17H2,1-5H3,(H,18,20)/t9-,16-/m0/s1. The molecule has 2 aliphatic rings. The highest BCUT2D eigenvalue weighted by molar-refractivity contribution is 7.80. The van der Waals surface area contributed by atoms with Gasteiger partial charge in [-0.15, -0.1) is 0 Å². The predicted molar refractivity (Wildman–Crippen MR) is 86.9 cm³/mol. The molecule has 3 nitrogen and oxygen atoms in total. The van der Waals surface area contributed by atoms with Crippen molar-refractivity contribution in [3.63, 3.8) is 0 Å². The van der Waals surface area contributed by atoms with Gasteiger partial charge in [-0.3, -0.25) is 0 Å². The van der Waals surface area contributed by atoms with Crippen LogP contribution in [0.25, 0.3) is 0 Å². The maximum atomic E-state index is 6.31. The molecule has 108 valence electrons. The Morgan fingerprint density at radius 1 is 1.40 bits per heavy atom. The summed E-state index contributed by atoms with van der Waals surface area (Å²) in [6.07, 6.45) is 0. The molecule has 0 spiro atoms. The van der Waals surface area contributed by atoms with Crippen molar-refractivity contribution in [1.82, 2.24) is 0 Å². The zero-order valence-electron chi connectivity index (χ0n) is 12.8. The first kappa shape index (κ1) is 13.8. The van der Waals surface area contributed by atoms with E-state index in [-0.39, 0.29) is 16.9 Å². The zero-order chi connectivity index (χ0) is 14.9. The Morgan fingerprint density at radius 3 is 2.65 bits per heavy atom. The van der Waals surface area contributed by atoms with Crippen LogP contribution >= 0.6 is 12.2 Å². The maximum Gasteiger partial charge on any atom is 0.130 e. The fourth-order valence-corrected chi connectivity index (χ4v) is 3.47. The van der Waals surface area contributed by atoms with Crippen molar-refractivity contribution in [3.8, 4) is 5.75 Å². The molecule has 0 aliphatic carbocycles. The number of benzene rings is 1. The second-order valence-electron chi connectivity index (χ2n) is 6.78. The Balaban J connectivity index is 2.28. The monoisotopic (exact) mass is 290 g/mol. The van der Waals surface area contributed by atoms with Crippen molar-refractivity contribution in [1.29, 1.82) is 0 Å². The van der Waals surface area contributed by atoms with Crippen LogP contribution in [0, 0.1) is 6.92 Å². The largest absolute Gasteiger partial charge is 0.485 e. The predicted octanol–water partition coefficient (Wildman–Crippen LogP) is 3.24. The summed E-state index contributed by atoms with van der Waals surface area (Å²) in [5.41, 5.74) is 10.2. The molecule has 2 heterocycles. The van der Waals surface area contributed by atoms with Crippen LogP contribution in [0.3, 0.4) is 0 Å². The second kappa shape index (κ2) is 3.95. The van der Waals surface area contributed by atoms with Gasteiger partial charge in [-0.2, -0.15) is 0 Å². The van der Waals surface area contributed by atoms with Crippen molar-refractivity contribution in [3.05, 3.63) is 22.8 Å². The lowest BCUT2D eigenvalue weighted by Crippen LogP contribution is -2.41. The molecule has 1 aromatic carbocycles. The van der Waals surface area contributed by atoms with Crippen LogP contribution in [0.5, 0.6) is 5.75 Å². The number of anilines is 1. The Hall–Kier alpha value is -1.13. The maximum absolute atomic E-state index is 6.31. The molecule has 0 radical (unpaired) electrons. The van der Waals surface area contributed by atoms with Crippen molar-refractivity contribution in [2.45, 2.75) is 51.6 Å². The van der Waals surface area contributed by atoms with E-state index in [1.54, 1.807) is 0 Å². The molecule has 0 saturated heterocycles. The van der Waals surface area contributed by atoms with E-state index >= 15 is 0 Å². The SMILES string of the molecule is Cc1cc2c(c3c1NC(=S)C3(C)C)O[C@@](C)(CN)[C@H]2C. The van der Waals surface area contributed by atoms with Gasteiger partial charge in [0.1, 0.15) is 11.4 Å². The summed E-state index contributed by atoms with van der Waals surface area (Å²) in [5.74, 6) is 1.28. The van der Waals surface area contributed by atoms with Gasteiger partial charge < -0.3 is 15.8 Å². The van der Waals surface area contributed by atoms with E-state index in [1.165, 1.54) is 16.7 Å². The van der Waals surface area contributed by atoms with E-state index in [4.69, 9.17) is 22.7 Å². The molecule has 1 aromatic rings. The van der Waals surface area contributed by atoms with E-state index in [1.807, 2.05) is 0 Å². The third-order valence-electron chi connectivity index (χ3n) is 5.06. The van der Waals surface area contributed by atoms with Crippen molar-refractivity contribution in [2.75, 3.05) is 11.9 Å². The lowest BCUT2D eigenvalue weighted by Gasteiger charge is -2.27. The van der Waals surface area contributed by atoms with Crippen LogP contribution in [0.2, 0.25) is 0 Å². The van der Waals surface area contributed by atoms with Crippen LogP contribution in [0.1, 0.15) is 50.3 Å². The van der Waals surface area contributed by atoms with Gasteiger partial charge in [0.2, 0.25) is 0 Å². The summed E-state index contributed by atoms with van der Waals surface area (Å²) in [7, 11) is 0. The normalized spacial score (nSPS) is 29.7. The Labute approximate surface area is 125 Å². The van der Waals surface area contributed by atoms with E-state index in [0.29, 0.717) is 6.54 Å². The summed E-state index contributed by atoms with van der Waals surface area (Å²) in [6.45, 7) is 11.2. The number of thiocarbonyl (C=S) groups is 1. The van der Waals surface area contributed by atoms with Crippen LogP contribution in [0.15, 0.2) is 6.07 Å². The number of nitrogens with two attached hydrogens (primary N) is 1. The Bertz CT molecular complexity index is 623. The van der Waals surface area contributed by atoms with Crippen molar-refractivity contribution < 1.29 is 4.74 Å². The topological polar surface area (TPSA) is 47.3 Å². The molecule has 0 bridgehead atoms. The molecule has 4 heteroatoms. The number of hydrogen-bond acceptors (Lipinski definition) is 3. The molecular weight excluding hydrogens is 268 g/mol. The smallest absolute Gasteiger partial charge is 0.130 e. The van der Waals surface area contributed by atoms with Crippen LogP contribution < -0.4 is 15.8 Å². The van der Waals surface area contributed by atoms with E-state index in [2.05, 4.69) is 46.0 Å². The molecule has 0 amide bonds. The average Bonchev–Trinajstić information content (AvgIpc) is 2.77. The molecule has 0 fully saturated rings. The van der Waals surface area contributed by atoms with E-state index in [0.717, 1.165) is 16.4 Å². The van der Waals surface area contributed by atoms with Gasteiger partial charge in [-0.05, 0) is 39.3 Å². The fourth-order valence-electron chi connectivity index (χ4n) is 3.27. The Kier molecular flexibility index (Phi) is 2.73. The number of ether oxygens (including phenoxy) is 1. The number of fused-ring (bicyclic) bond motifs is 3. The number of rotatable bonds is 1. The molecule has 20 heavy (non-hydrogen) atoms. The molecule has 0 saturated carbocycles. The molecule has 0 unspecified atom stereocenters. The average molecular weight is 290 g/mol. The molecule has 3 N–H and O–H groups in total. The number of nitrogens with one attached hydrogen (secondary N) is 1. The minimum Gasteiger partial charge on any atom is -0.485 e. The van der Waals surface area contributed by atoms with E-state index in [9.17, 15) is 0 Å².